The Balaban J connectivity index is 1.12. The molecule has 3 aromatic heterocycles. The van der Waals surface area contributed by atoms with Gasteiger partial charge >= 0.3 is 0 Å². The van der Waals surface area contributed by atoms with Crippen LogP contribution < -0.4 is 9.80 Å². The zero-order chi connectivity index (χ0) is 37.5. The second-order valence-corrected chi connectivity index (χ2v) is 17.7. The zero-order valence-corrected chi connectivity index (χ0v) is 33.0. The second kappa shape index (κ2) is 13.0. The van der Waals surface area contributed by atoms with E-state index in [1.54, 1.807) is 0 Å². The Labute approximate surface area is 341 Å². The van der Waals surface area contributed by atoms with Gasteiger partial charge in [-0.25, -0.2) is 0 Å². The molecule has 0 unspecified atom stereocenters. The van der Waals surface area contributed by atoms with Gasteiger partial charge in [-0.2, -0.15) is 0 Å². The molecule has 57 heavy (non-hydrogen) atoms. The maximum absolute atomic E-state index is 2.46. The van der Waals surface area contributed by atoms with Crippen molar-refractivity contribution in [1.82, 2.24) is 0 Å². The van der Waals surface area contributed by atoms with Gasteiger partial charge in [-0.3, -0.25) is 0 Å². The van der Waals surface area contributed by atoms with Crippen LogP contribution in [0, 0.1) is 0 Å². The van der Waals surface area contributed by atoms with Crippen LogP contribution in [-0.2, 0) is 0 Å². The zero-order valence-electron chi connectivity index (χ0n) is 30.6. The molecule has 12 aromatic rings. The molecule has 0 N–H and O–H groups in total. The minimum Gasteiger partial charge on any atom is -0.310 e. The number of rotatable bonds is 6. The van der Waals surface area contributed by atoms with Gasteiger partial charge in [-0.15, -0.1) is 34.0 Å². The highest BCUT2D eigenvalue weighted by Gasteiger charge is 2.24. The van der Waals surface area contributed by atoms with E-state index in [9.17, 15) is 0 Å². The van der Waals surface area contributed by atoms with E-state index in [0.29, 0.717) is 0 Å². The molecule has 0 saturated heterocycles. The van der Waals surface area contributed by atoms with Crippen molar-refractivity contribution in [2.75, 3.05) is 9.80 Å². The van der Waals surface area contributed by atoms with Crippen LogP contribution in [0.5, 0.6) is 0 Å². The van der Waals surface area contributed by atoms with Gasteiger partial charge in [0.05, 0.1) is 11.4 Å². The Hall–Kier alpha value is -6.50. The number of fused-ring (bicyclic) bond motifs is 11. The average Bonchev–Trinajstić information content (AvgIpc) is 3.96. The summed E-state index contributed by atoms with van der Waals surface area (Å²) in [5, 5.41) is 10.2. The molecule has 9 aromatic carbocycles. The van der Waals surface area contributed by atoms with Crippen LogP contribution in [-0.4, -0.2) is 0 Å². The third kappa shape index (κ3) is 5.20. The van der Waals surface area contributed by atoms with Gasteiger partial charge in [-0.1, -0.05) is 103 Å². The molecule has 0 radical (unpaired) electrons. The van der Waals surface area contributed by atoms with E-state index in [-0.39, 0.29) is 0 Å². The molecule has 0 fully saturated rings. The van der Waals surface area contributed by atoms with E-state index in [1.165, 1.54) is 82.7 Å². The van der Waals surface area contributed by atoms with Crippen molar-refractivity contribution in [1.29, 1.82) is 0 Å². The number of anilines is 6. The topological polar surface area (TPSA) is 6.48 Å². The van der Waals surface area contributed by atoms with E-state index >= 15 is 0 Å². The summed E-state index contributed by atoms with van der Waals surface area (Å²) in [4.78, 5) is 4.91. The van der Waals surface area contributed by atoms with Crippen LogP contribution >= 0.6 is 34.0 Å². The summed E-state index contributed by atoms with van der Waals surface area (Å²) in [6.45, 7) is 0. The normalized spacial score (nSPS) is 11.9. The molecule has 0 aliphatic heterocycles. The van der Waals surface area contributed by atoms with Gasteiger partial charge < -0.3 is 9.80 Å². The first kappa shape index (κ1) is 32.7. The van der Waals surface area contributed by atoms with Crippen LogP contribution in [0.15, 0.2) is 194 Å². The van der Waals surface area contributed by atoms with Gasteiger partial charge in [0.1, 0.15) is 0 Å². The Bertz CT molecular complexity index is 3490. The molecule has 0 amide bonds. The number of benzene rings is 9. The minimum absolute atomic E-state index is 1.13. The molecule has 2 nitrogen and oxygen atoms in total. The summed E-state index contributed by atoms with van der Waals surface area (Å²) in [6.07, 6.45) is 0. The monoisotopic (exact) mass is 780 g/mol. The van der Waals surface area contributed by atoms with Gasteiger partial charge in [0.15, 0.2) is 0 Å². The van der Waals surface area contributed by atoms with E-state index in [1.807, 2.05) is 34.0 Å². The fraction of sp³-hybridized carbons (Fsp3) is 0. The third-order valence-corrected chi connectivity index (χ3v) is 14.6. The lowest BCUT2D eigenvalue weighted by atomic mass is 9.99. The molecule has 0 spiro atoms. The summed E-state index contributed by atoms with van der Waals surface area (Å²) in [5.41, 5.74) is 6.92. The first-order valence-corrected chi connectivity index (χ1v) is 21.6. The highest BCUT2D eigenvalue weighted by atomic mass is 32.1. The van der Waals surface area contributed by atoms with Crippen molar-refractivity contribution in [2.24, 2.45) is 0 Å². The van der Waals surface area contributed by atoms with Crippen molar-refractivity contribution < 1.29 is 0 Å². The van der Waals surface area contributed by atoms with Crippen LogP contribution in [0.1, 0.15) is 0 Å². The minimum atomic E-state index is 1.13. The number of thiophene rings is 3. The smallest absolute Gasteiger partial charge is 0.0555 e. The molecule has 0 saturated carbocycles. The van der Waals surface area contributed by atoms with E-state index in [0.717, 1.165) is 22.7 Å². The standard InChI is InChI=1S/C52H32N2S3/c1-3-14-33(15-4-1)53(35-26-28-47-41(30-35)38-19-9-11-23-45(38)55-47)43-22-13-25-49-52(43)51-40-21-8-7-18-37(40)44(32-50(51)57-49)54(34-16-5-2-6-17-34)36-27-29-48-42(31-36)39-20-10-12-24-46(39)56-48/h1-32H. The molecule has 0 atom stereocenters. The lowest BCUT2D eigenvalue weighted by molar-refractivity contribution is 1.31. The van der Waals surface area contributed by atoms with Crippen LogP contribution in [0.3, 0.4) is 0 Å². The van der Waals surface area contributed by atoms with Crippen LogP contribution in [0.25, 0.3) is 71.3 Å². The van der Waals surface area contributed by atoms with Crippen molar-refractivity contribution in [3.05, 3.63) is 194 Å². The Kier molecular flexibility index (Phi) is 7.48. The number of hydrogen-bond donors (Lipinski definition) is 0. The lowest BCUT2D eigenvalue weighted by Gasteiger charge is -2.28. The summed E-state index contributed by atoms with van der Waals surface area (Å²) >= 11 is 5.61. The lowest BCUT2D eigenvalue weighted by Crippen LogP contribution is -2.11. The van der Waals surface area contributed by atoms with E-state index in [2.05, 4.69) is 204 Å². The quantitative estimate of drug-likeness (QED) is 0.166. The fourth-order valence-corrected chi connectivity index (χ4v) is 12.1. The Morgan fingerprint density at radius 3 is 1.30 bits per heavy atom. The first-order chi connectivity index (χ1) is 28.3. The van der Waals surface area contributed by atoms with E-state index < -0.39 is 0 Å². The van der Waals surface area contributed by atoms with Crippen LogP contribution in [0.4, 0.5) is 34.1 Å². The molecular formula is C52H32N2S3. The first-order valence-electron chi connectivity index (χ1n) is 19.2. The van der Waals surface area contributed by atoms with Crippen molar-refractivity contribution in [3.8, 4) is 0 Å². The van der Waals surface area contributed by atoms with Crippen molar-refractivity contribution in [2.45, 2.75) is 0 Å². The van der Waals surface area contributed by atoms with Gasteiger partial charge in [0.25, 0.3) is 0 Å². The average molecular weight is 781 g/mol. The molecule has 0 bridgehead atoms. The summed E-state index contributed by atoms with van der Waals surface area (Å²) in [5.74, 6) is 0. The fourth-order valence-electron chi connectivity index (χ4n) is 8.73. The van der Waals surface area contributed by atoms with E-state index in [4.69, 9.17) is 0 Å². The van der Waals surface area contributed by atoms with Gasteiger partial charge in [-0.05, 0) is 96.4 Å². The molecule has 0 aliphatic carbocycles. The SMILES string of the molecule is c1ccc(N(c2ccc3sc4ccccc4c3c2)c2cc3sc4cccc(N(c5ccccc5)c5ccc6sc7ccccc7c6c5)c4c3c3ccccc23)cc1. The maximum Gasteiger partial charge on any atom is 0.0555 e. The van der Waals surface area contributed by atoms with Crippen LogP contribution in [0.2, 0.25) is 0 Å². The molecule has 5 heteroatoms. The number of nitrogens with zero attached hydrogens (tertiary/aromatic N) is 2. The number of hydrogen-bond acceptors (Lipinski definition) is 5. The molecule has 3 heterocycles. The molecular weight excluding hydrogens is 749 g/mol. The summed E-state index contributed by atoms with van der Waals surface area (Å²) in [7, 11) is 0. The Morgan fingerprint density at radius 2 is 0.702 bits per heavy atom. The molecule has 12 rings (SSSR count). The summed E-state index contributed by atoms with van der Waals surface area (Å²) < 4.78 is 7.78. The largest absolute Gasteiger partial charge is 0.310 e. The second-order valence-electron chi connectivity index (χ2n) is 14.5. The summed E-state index contributed by atoms with van der Waals surface area (Å²) in [6, 6.07) is 71.4. The maximum atomic E-state index is 2.46. The Morgan fingerprint density at radius 1 is 0.246 bits per heavy atom. The van der Waals surface area contributed by atoms with Gasteiger partial charge in [0, 0.05) is 88.7 Å². The molecule has 0 aliphatic rings. The third-order valence-electron chi connectivity index (χ3n) is 11.2. The van der Waals surface area contributed by atoms with Crippen molar-refractivity contribution in [3.63, 3.8) is 0 Å². The highest BCUT2D eigenvalue weighted by molar-refractivity contribution is 7.26. The predicted octanol–water partition coefficient (Wildman–Crippen LogP) is 16.9. The highest BCUT2D eigenvalue weighted by Crippen LogP contribution is 2.51. The predicted molar refractivity (Wildman–Crippen MR) is 252 cm³/mol. The molecule has 268 valence electrons. The number of para-hydroxylation sites is 2. The van der Waals surface area contributed by atoms with Gasteiger partial charge in [0.2, 0.25) is 0 Å². The van der Waals surface area contributed by atoms with Crippen molar-refractivity contribution >= 4 is 139 Å².